The number of nitrogens with zero attached hydrogens (tertiary/aromatic N) is 1. The number of hydrogen-bond donors (Lipinski definition) is 1. The Morgan fingerprint density at radius 1 is 1.09 bits per heavy atom. The largest absolute Gasteiger partial charge is 0.481 e. The molecule has 1 atom stereocenters. The molecule has 1 fully saturated rings. The molecule has 1 aromatic carbocycles. The minimum Gasteiger partial charge on any atom is -0.481 e. The highest BCUT2D eigenvalue weighted by molar-refractivity contribution is 5.77. The number of amides is 1. The van der Waals surface area contributed by atoms with E-state index < -0.39 is 5.97 Å². The first-order chi connectivity index (χ1) is 10.7. The van der Waals surface area contributed by atoms with Crippen LogP contribution in [0.2, 0.25) is 0 Å². The van der Waals surface area contributed by atoms with Crippen LogP contribution in [0, 0.1) is 0 Å². The van der Waals surface area contributed by atoms with Crippen molar-refractivity contribution in [3.05, 3.63) is 35.4 Å². The highest BCUT2D eigenvalue weighted by Gasteiger charge is 2.39. The predicted octanol–water partition coefficient (Wildman–Crippen LogP) is 3.31. The number of aliphatic carboxylic acids is 1. The highest BCUT2D eigenvalue weighted by Crippen LogP contribution is 2.42. The Balaban J connectivity index is 1.64. The Morgan fingerprint density at radius 2 is 1.82 bits per heavy atom. The number of unbranched alkanes of at least 4 members (excludes halogenated alkanes) is 1. The summed E-state index contributed by atoms with van der Waals surface area (Å²) < 4.78 is 0. The molecule has 2 aliphatic rings. The number of carboxylic acids is 1. The molecule has 1 amide bonds. The molecule has 1 unspecified atom stereocenters. The Labute approximate surface area is 131 Å². The average molecular weight is 301 g/mol. The normalized spacial score (nSPS) is 19.7. The van der Waals surface area contributed by atoms with E-state index in [1.54, 1.807) is 0 Å². The quantitative estimate of drug-likeness (QED) is 0.786. The Bertz CT molecular complexity index is 565. The fourth-order valence-corrected chi connectivity index (χ4v) is 3.49. The summed E-state index contributed by atoms with van der Waals surface area (Å²) in [5.74, 6) is -0.578. The third-order valence-corrected chi connectivity index (χ3v) is 4.70. The van der Waals surface area contributed by atoms with Crippen molar-refractivity contribution in [2.24, 2.45) is 0 Å². The molecule has 1 saturated carbocycles. The zero-order chi connectivity index (χ0) is 15.5. The molecule has 0 aromatic heterocycles. The fraction of sp³-hybridized carbons (Fsp3) is 0.556. The van der Waals surface area contributed by atoms with Crippen LogP contribution >= 0.6 is 0 Å². The summed E-state index contributed by atoms with van der Waals surface area (Å²) in [6, 6.07) is 9.08. The lowest BCUT2D eigenvalue weighted by atomic mass is 10.1. The van der Waals surface area contributed by atoms with E-state index in [0.717, 1.165) is 25.7 Å². The molecule has 4 nitrogen and oxygen atoms in total. The van der Waals surface area contributed by atoms with Crippen LogP contribution in [0.5, 0.6) is 0 Å². The van der Waals surface area contributed by atoms with Crippen LogP contribution in [0.15, 0.2) is 24.3 Å². The van der Waals surface area contributed by atoms with Crippen molar-refractivity contribution in [2.45, 2.75) is 63.5 Å². The lowest BCUT2D eigenvalue weighted by Crippen LogP contribution is -2.35. The molecule has 0 spiro atoms. The minimum atomic E-state index is -0.781. The predicted molar refractivity (Wildman–Crippen MR) is 83.5 cm³/mol. The summed E-state index contributed by atoms with van der Waals surface area (Å²) in [7, 11) is 0. The highest BCUT2D eigenvalue weighted by atomic mass is 16.4. The van der Waals surface area contributed by atoms with E-state index in [1.165, 1.54) is 11.1 Å². The molecule has 0 saturated heterocycles. The zero-order valence-corrected chi connectivity index (χ0v) is 12.8. The van der Waals surface area contributed by atoms with Crippen LogP contribution < -0.4 is 0 Å². The number of carbonyl (C=O) groups is 2. The molecular weight excluding hydrogens is 278 g/mol. The van der Waals surface area contributed by atoms with Crippen LogP contribution in [0.1, 0.15) is 62.1 Å². The second kappa shape index (κ2) is 6.51. The maximum atomic E-state index is 12.6. The van der Waals surface area contributed by atoms with Gasteiger partial charge in [-0.1, -0.05) is 24.3 Å². The lowest BCUT2D eigenvalue weighted by molar-refractivity contribution is -0.138. The van der Waals surface area contributed by atoms with Gasteiger partial charge in [-0.3, -0.25) is 9.59 Å². The van der Waals surface area contributed by atoms with E-state index in [0.29, 0.717) is 25.3 Å². The maximum Gasteiger partial charge on any atom is 0.303 e. The maximum absolute atomic E-state index is 12.6. The van der Waals surface area contributed by atoms with Crippen LogP contribution in [0.25, 0.3) is 0 Å². The molecule has 1 aromatic rings. The molecule has 3 rings (SSSR count). The number of carbonyl (C=O) groups excluding carboxylic acids is 1. The molecule has 118 valence electrons. The molecular formula is C18H23NO3. The van der Waals surface area contributed by atoms with Gasteiger partial charge in [0, 0.05) is 18.9 Å². The van der Waals surface area contributed by atoms with Crippen LogP contribution in [0.4, 0.5) is 0 Å². The van der Waals surface area contributed by atoms with E-state index >= 15 is 0 Å². The Morgan fingerprint density at radius 3 is 2.55 bits per heavy atom. The molecule has 1 N–H and O–H groups in total. The van der Waals surface area contributed by atoms with Crippen molar-refractivity contribution in [2.75, 3.05) is 0 Å². The molecule has 0 aliphatic heterocycles. The first-order valence-electron chi connectivity index (χ1n) is 8.27. The monoisotopic (exact) mass is 301 g/mol. The van der Waals surface area contributed by atoms with Crippen LogP contribution in [0.3, 0.4) is 0 Å². The molecule has 0 heterocycles. The summed E-state index contributed by atoms with van der Waals surface area (Å²) in [6.07, 6.45) is 6.18. The van der Waals surface area contributed by atoms with Crippen molar-refractivity contribution in [3.63, 3.8) is 0 Å². The lowest BCUT2D eigenvalue weighted by Gasteiger charge is -2.30. The van der Waals surface area contributed by atoms with Crippen molar-refractivity contribution in [1.29, 1.82) is 0 Å². The van der Waals surface area contributed by atoms with E-state index in [-0.39, 0.29) is 18.4 Å². The first kappa shape index (κ1) is 15.1. The van der Waals surface area contributed by atoms with Gasteiger partial charge in [0.25, 0.3) is 0 Å². The topological polar surface area (TPSA) is 57.6 Å². The summed E-state index contributed by atoms with van der Waals surface area (Å²) >= 11 is 0. The number of aryl methyl sites for hydroxylation is 1. The van der Waals surface area contributed by atoms with Crippen molar-refractivity contribution >= 4 is 11.9 Å². The second-order valence-electron chi connectivity index (χ2n) is 6.39. The van der Waals surface area contributed by atoms with Crippen LogP contribution in [-0.4, -0.2) is 27.9 Å². The van der Waals surface area contributed by atoms with Gasteiger partial charge >= 0.3 is 5.97 Å². The fourth-order valence-electron chi connectivity index (χ4n) is 3.49. The number of benzene rings is 1. The van der Waals surface area contributed by atoms with Gasteiger partial charge in [0.1, 0.15) is 0 Å². The SMILES string of the molecule is O=C(O)CCCCC(=O)N(C1CC1)C1CCc2ccccc21. The van der Waals surface area contributed by atoms with E-state index in [4.69, 9.17) is 5.11 Å². The molecule has 4 heteroatoms. The van der Waals surface area contributed by atoms with Crippen molar-refractivity contribution in [1.82, 2.24) is 4.90 Å². The van der Waals surface area contributed by atoms with Gasteiger partial charge < -0.3 is 10.0 Å². The van der Waals surface area contributed by atoms with Gasteiger partial charge in [-0.2, -0.15) is 0 Å². The first-order valence-corrected chi connectivity index (χ1v) is 8.27. The van der Waals surface area contributed by atoms with Gasteiger partial charge in [0.2, 0.25) is 5.91 Å². The number of carboxylic acid groups (broad SMARTS) is 1. The standard InChI is InChI=1S/C18H23NO3/c20-17(7-3-4-8-18(21)22)19(14-10-11-14)16-12-9-13-5-1-2-6-15(13)16/h1-2,5-6,14,16H,3-4,7-12H2,(H,21,22). The van der Waals surface area contributed by atoms with Crippen LogP contribution in [-0.2, 0) is 16.0 Å². The van der Waals surface area contributed by atoms with Crippen molar-refractivity contribution in [3.8, 4) is 0 Å². The van der Waals surface area contributed by atoms with Gasteiger partial charge in [-0.25, -0.2) is 0 Å². The van der Waals surface area contributed by atoms with Gasteiger partial charge in [0.05, 0.1) is 6.04 Å². The summed E-state index contributed by atoms with van der Waals surface area (Å²) in [5, 5.41) is 8.67. The molecule has 0 radical (unpaired) electrons. The minimum absolute atomic E-state index is 0.156. The van der Waals surface area contributed by atoms with E-state index in [2.05, 4.69) is 29.2 Å². The molecule has 2 aliphatic carbocycles. The summed E-state index contributed by atoms with van der Waals surface area (Å²) in [4.78, 5) is 25.3. The second-order valence-corrected chi connectivity index (χ2v) is 6.39. The van der Waals surface area contributed by atoms with Gasteiger partial charge in [0.15, 0.2) is 0 Å². The number of rotatable bonds is 7. The Hall–Kier alpha value is -1.84. The van der Waals surface area contributed by atoms with Gasteiger partial charge in [-0.15, -0.1) is 0 Å². The van der Waals surface area contributed by atoms with Crippen molar-refractivity contribution < 1.29 is 14.7 Å². The average Bonchev–Trinajstić information content (AvgIpc) is 3.24. The molecule has 22 heavy (non-hydrogen) atoms. The number of fused-ring (bicyclic) bond motifs is 1. The smallest absolute Gasteiger partial charge is 0.303 e. The summed E-state index contributed by atoms with van der Waals surface area (Å²) in [5.41, 5.74) is 2.69. The third kappa shape index (κ3) is 3.32. The third-order valence-electron chi connectivity index (χ3n) is 4.70. The summed E-state index contributed by atoms with van der Waals surface area (Å²) in [6.45, 7) is 0. The molecule has 0 bridgehead atoms. The van der Waals surface area contributed by atoms with E-state index in [1.807, 2.05) is 0 Å². The van der Waals surface area contributed by atoms with E-state index in [9.17, 15) is 9.59 Å². The van der Waals surface area contributed by atoms with Gasteiger partial charge in [-0.05, 0) is 49.7 Å². The number of hydrogen-bond acceptors (Lipinski definition) is 2. The zero-order valence-electron chi connectivity index (χ0n) is 12.8. The Kier molecular flexibility index (Phi) is 4.46.